The zero-order valence-electron chi connectivity index (χ0n) is 16.4. The van der Waals surface area contributed by atoms with Gasteiger partial charge in [0.15, 0.2) is 8.29 Å². The molecule has 7 nitrogen and oxygen atoms in total. The van der Waals surface area contributed by atoms with Crippen LogP contribution in [0.3, 0.4) is 0 Å². The van der Waals surface area contributed by atoms with Crippen molar-refractivity contribution >= 4 is 56.9 Å². The van der Waals surface area contributed by atoms with Gasteiger partial charge >= 0.3 is 0 Å². The van der Waals surface area contributed by atoms with Gasteiger partial charge in [-0.3, -0.25) is 4.79 Å². The largest absolute Gasteiger partial charge is 0.325 e. The monoisotopic (exact) mass is 492 g/mol. The van der Waals surface area contributed by atoms with Crippen LogP contribution in [0.2, 0.25) is 0 Å². The molecule has 1 N–H and O–H groups in total. The van der Waals surface area contributed by atoms with Crippen LogP contribution >= 0.6 is 35.3 Å². The third-order valence-electron chi connectivity index (χ3n) is 4.70. The standard InChI is InChI=1S/C20H20N4O3S4/c25-18(14-29-19-22-24(20(28)30-19)16-6-2-1-3-7-16)21-15-8-10-17(11-9-15)31(26,27)23-12-4-5-13-23/h1-3,6-11H,4-5,12-14H2,(H,21,25). The highest BCUT2D eigenvalue weighted by Crippen LogP contribution is 2.25. The lowest BCUT2D eigenvalue weighted by molar-refractivity contribution is -0.113. The Morgan fingerprint density at radius 2 is 1.77 bits per heavy atom. The average Bonchev–Trinajstić information content (AvgIpc) is 3.44. The fourth-order valence-electron chi connectivity index (χ4n) is 3.16. The van der Waals surface area contributed by atoms with Crippen molar-refractivity contribution in [1.82, 2.24) is 14.1 Å². The van der Waals surface area contributed by atoms with Gasteiger partial charge in [0.2, 0.25) is 15.9 Å². The molecule has 0 saturated carbocycles. The van der Waals surface area contributed by atoms with Gasteiger partial charge in [0.05, 0.1) is 16.3 Å². The quantitative estimate of drug-likeness (QED) is 0.394. The van der Waals surface area contributed by atoms with Crippen molar-refractivity contribution in [3.63, 3.8) is 0 Å². The molecule has 1 amide bonds. The van der Waals surface area contributed by atoms with Gasteiger partial charge in [0.1, 0.15) is 0 Å². The van der Waals surface area contributed by atoms with Crippen LogP contribution in [-0.4, -0.2) is 47.3 Å². The minimum Gasteiger partial charge on any atom is -0.325 e. The van der Waals surface area contributed by atoms with Crippen LogP contribution in [0.5, 0.6) is 0 Å². The van der Waals surface area contributed by atoms with Crippen molar-refractivity contribution in [2.24, 2.45) is 0 Å². The summed E-state index contributed by atoms with van der Waals surface area (Å²) >= 11 is 8.03. The maximum atomic E-state index is 12.6. The highest BCUT2D eigenvalue weighted by atomic mass is 32.2. The topological polar surface area (TPSA) is 84.3 Å². The first-order chi connectivity index (χ1) is 14.9. The van der Waals surface area contributed by atoms with Gasteiger partial charge in [-0.15, -0.1) is 5.10 Å². The number of nitrogens with one attached hydrogen (secondary N) is 1. The van der Waals surface area contributed by atoms with E-state index in [9.17, 15) is 13.2 Å². The molecule has 0 atom stereocenters. The van der Waals surface area contributed by atoms with Crippen LogP contribution in [0.4, 0.5) is 5.69 Å². The predicted molar refractivity (Wildman–Crippen MR) is 126 cm³/mol. The minimum atomic E-state index is -3.46. The first-order valence-electron chi connectivity index (χ1n) is 9.62. The molecule has 1 aliphatic rings. The molecule has 2 heterocycles. The molecule has 31 heavy (non-hydrogen) atoms. The first-order valence-corrected chi connectivity index (χ1v) is 13.3. The molecule has 2 aromatic carbocycles. The Kier molecular flexibility index (Phi) is 6.87. The van der Waals surface area contributed by atoms with Crippen molar-refractivity contribution in [3.05, 3.63) is 58.6 Å². The maximum absolute atomic E-state index is 12.6. The molecule has 162 valence electrons. The zero-order valence-corrected chi connectivity index (χ0v) is 19.7. The number of carbonyl (C=O) groups is 1. The van der Waals surface area contributed by atoms with E-state index in [1.807, 2.05) is 30.3 Å². The SMILES string of the molecule is O=C(CSc1nn(-c2ccccc2)c(=S)s1)Nc1ccc(S(=O)(=O)N2CCCC2)cc1. The third kappa shape index (κ3) is 5.24. The summed E-state index contributed by atoms with van der Waals surface area (Å²) in [4.78, 5) is 12.6. The number of anilines is 1. The fraction of sp³-hybridized carbons (Fsp3) is 0.250. The number of amides is 1. The van der Waals surface area contributed by atoms with Crippen LogP contribution < -0.4 is 5.32 Å². The molecule has 11 heteroatoms. The molecule has 1 aliphatic heterocycles. The van der Waals surface area contributed by atoms with Gasteiger partial charge in [-0.25, -0.2) is 13.1 Å². The number of carbonyl (C=O) groups excluding carboxylic acids is 1. The summed E-state index contributed by atoms with van der Waals surface area (Å²) in [7, 11) is -3.46. The van der Waals surface area contributed by atoms with E-state index in [4.69, 9.17) is 12.2 Å². The molecule has 0 radical (unpaired) electrons. The Morgan fingerprint density at radius 3 is 2.45 bits per heavy atom. The van der Waals surface area contributed by atoms with Gasteiger partial charge in [0, 0.05) is 18.8 Å². The molecule has 0 spiro atoms. The van der Waals surface area contributed by atoms with Crippen LogP contribution in [0, 0.1) is 3.95 Å². The molecule has 0 unspecified atom stereocenters. The lowest BCUT2D eigenvalue weighted by Gasteiger charge is -2.15. The van der Waals surface area contributed by atoms with Crippen molar-refractivity contribution < 1.29 is 13.2 Å². The molecular weight excluding hydrogens is 473 g/mol. The Labute approximate surface area is 194 Å². The van der Waals surface area contributed by atoms with E-state index < -0.39 is 10.0 Å². The Balaban J connectivity index is 1.35. The summed E-state index contributed by atoms with van der Waals surface area (Å²) < 4.78 is 29.7. The summed E-state index contributed by atoms with van der Waals surface area (Å²) in [5.74, 6) is -0.0298. The van der Waals surface area contributed by atoms with Gasteiger partial charge < -0.3 is 5.32 Å². The number of rotatable bonds is 7. The van der Waals surface area contributed by atoms with E-state index in [2.05, 4.69) is 10.4 Å². The van der Waals surface area contributed by atoms with Gasteiger partial charge in [-0.05, 0) is 61.5 Å². The molecule has 1 aromatic heterocycles. The van der Waals surface area contributed by atoms with E-state index in [0.717, 1.165) is 18.5 Å². The van der Waals surface area contributed by atoms with Crippen LogP contribution in [0.25, 0.3) is 5.69 Å². The predicted octanol–water partition coefficient (Wildman–Crippen LogP) is 4.18. The molecule has 3 aromatic rings. The zero-order chi connectivity index (χ0) is 21.8. The number of hydrogen-bond acceptors (Lipinski definition) is 7. The van der Waals surface area contributed by atoms with E-state index >= 15 is 0 Å². The normalized spacial score (nSPS) is 14.6. The van der Waals surface area contributed by atoms with Crippen LogP contribution in [0.1, 0.15) is 12.8 Å². The van der Waals surface area contributed by atoms with Gasteiger partial charge in [0.25, 0.3) is 0 Å². The molecule has 4 rings (SSSR count). The van der Waals surface area contributed by atoms with E-state index in [0.29, 0.717) is 27.1 Å². The molecule has 0 aliphatic carbocycles. The smallest absolute Gasteiger partial charge is 0.243 e. The Bertz CT molecular complexity index is 1220. The lowest BCUT2D eigenvalue weighted by Crippen LogP contribution is -2.27. The van der Waals surface area contributed by atoms with E-state index in [1.54, 1.807) is 16.8 Å². The average molecular weight is 493 g/mol. The van der Waals surface area contributed by atoms with Gasteiger partial charge in [-0.2, -0.15) is 4.31 Å². The van der Waals surface area contributed by atoms with Crippen LogP contribution in [0.15, 0.2) is 63.8 Å². The summed E-state index contributed by atoms with van der Waals surface area (Å²) in [6.07, 6.45) is 1.78. The highest BCUT2D eigenvalue weighted by Gasteiger charge is 2.26. The highest BCUT2D eigenvalue weighted by molar-refractivity contribution is 8.01. The van der Waals surface area contributed by atoms with Crippen molar-refractivity contribution in [2.75, 3.05) is 24.2 Å². The maximum Gasteiger partial charge on any atom is 0.243 e. The number of aromatic nitrogens is 2. The number of benzene rings is 2. The second kappa shape index (κ2) is 9.61. The first kappa shape index (κ1) is 22.2. The summed E-state index contributed by atoms with van der Waals surface area (Å²) in [6, 6.07) is 15.9. The minimum absolute atomic E-state index is 0.172. The number of para-hydroxylation sites is 1. The van der Waals surface area contributed by atoms with Crippen molar-refractivity contribution in [1.29, 1.82) is 0 Å². The number of hydrogen-bond donors (Lipinski definition) is 1. The number of sulfonamides is 1. The molecule has 0 bridgehead atoms. The van der Waals surface area contributed by atoms with E-state index in [-0.39, 0.29) is 16.6 Å². The van der Waals surface area contributed by atoms with Gasteiger partial charge in [-0.1, -0.05) is 41.3 Å². The molecule has 1 fully saturated rings. The third-order valence-corrected chi connectivity index (χ3v) is 8.98. The Morgan fingerprint density at radius 1 is 1.10 bits per heavy atom. The number of nitrogens with zero attached hydrogens (tertiary/aromatic N) is 3. The lowest BCUT2D eigenvalue weighted by atomic mass is 10.3. The molecular formula is C20H20N4O3S4. The van der Waals surface area contributed by atoms with Crippen LogP contribution in [-0.2, 0) is 14.8 Å². The summed E-state index contributed by atoms with van der Waals surface area (Å²) in [5.41, 5.74) is 1.43. The number of thioether (sulfide) groups is 1. The Hall–Kier alpha value is -2.05. The van der Waals surface area contributed by atoms with E-state index in [1.165, 1.54) is 39.5 Å². The summed E-state index contributed by atoms with van der Waals surface area (Å²) in [5, 5.41) is 7.27. The second-order valence-electron chi connectivity index (χ2n) is 6.85. The second-order valence-corrected chi connectivity index (χ2v) is 11.6. The summed E-state index contributed by atoms with van der Waals surface area (Å²) in [6.45, 7) is 1.12. The van der Waals surface area contributed by atoms with Crippen molar-refractivity contribution in [2.45, 2.75) is 22.1 Å². The van der Waals surface area contributed by atoms with Crippen molar-refractivity contribution in [3.8, 4) is 5.69 Å². The fourth-order valence-corrected chi connectivity index (χ4v) is 6.84. The molecule has 1 saturated heterocycles.